The highest BCUT2D eigenvalue weighted by Crippen LogP contribution is 2.29. The molecule has 2 aromatic carbocycles. The Hall–Kier alpha value is -2.75. The van der Waals surface area contributed by atoms with Crippen LogP contribution in [0.15, 0.2) is 66.9 Å². The van der Waals surface area contributed by atoms with Crippen LogP contribution in [-0.2, 0) is 16.1 Å². The maximum atomic E-state index is 12.1. The Kier molecular flexibility index (Phi) is 4.39. The largest absolute Gasteiger partial charge is 0.463 e. The van der Waals surface area contributed by atoms with Crippen molar-refractivity contribution in [2.24, 2.45) is 0 Å². The van der Waals surface area contributed by atoms with E-state index in [-0.39, 0.29) is 12.5 Å². The molecule has 0 saturated carbocycles. The SMILES string of the molecule is O=C(CN1CC=COc2ccccc21)OCc1ccccc1. The van der Waals surface area contributed by atoms with E-state index in [0.717, 1.165) is 17.0 Å². The molecular weight excluding hydrogens is 278 g/mol. The summed E-state index contributed by atoms with van der Waals surface area (Å²) in [4.78, 5) is 14.0. The summed E-state index contributed by atoms with van der Waals surface area (Å²) in [5.41, 5.74) is 1.87. The molecule has 1 aliphatic rings. The maximum absolute atomic E-state index is 12.1. The Morgan fingerprint density at radius 2 is 1.86 bits per heavy atom. The first kappa shape index (κ1) is 14.2. The summed E-state index contributed by atoms with van der Waals surface area (Å²) >= 11 is 0. The fraction of sp³-hybridized carbons (Fsp3) is 0.167. The first-order chi connectivity index (χ1) is 10.8. The van der Waals surface area contributed by atoms with Gasteiger partial charge in [0, 0.05) is 6.54 Å². The number of carbonyl (C=O) groups excluding carboxylic acids is 1. The number of carbonyl (C=O) groups is 1. The molecule has 22 heavy (non-hydrogen) atoms. The number of esters is 1. The van der Waals surface area contributed by atoms with E-state index in [1.54, 1.807) is 6.26 Å². The van der Waals surface area contributed by atoms with Gasteiger partial charge in [-0.1, -0.05) is 42.5 Å². The maximum Gasteiger partial charge on any atom is 0.325 e. The van der Waals surface area contributed by atoms with Crippen LogP contribution in [0.4, 0.5) is 5.69 Å². The number of ether oxygens (including phenoxy) is 2. The summed E-state index contributed by atoms with van der Waals surface area (Å²) in [5, 5.41) is 0. The van der Waals surface area contributed by atoms with E-state index >= 15 is 0 Å². The molecule has 0 aliphatic carbocycles. The molecule has 0 atom stereocenters. The van der Waals surface area contributed by atoms with Gasteiger partial charge in [0.2, 0.25) is 0 Å². The van der Waals surface area contributed by atoms with Gasteiger partial charge >= 0.3 is 5.97 Å². The normalized spacial score (nSPS) is 13.0. The summed E-state index contributed by atoms with van der Waals surface area (Å²) in [7, 11) is 0. The van der Waals surface area contributed by atoms with Gasteiger partial charge in [-0.25, -0.2) is 0 Å². The number of hydrogen-bond donors (Lipinski definition) is 0. The molecule has 0 bridgehead atoms. The van der Waals surface area contributed by atoms with E-state index in [4.69, 9.17) is 9.47 Å². The molecule has 0 amide bonds. The summed E-state index contributed by atoms with van der Waals surface area (Å²) in [6.07, 6.45) is 3.53. The lowest BCUT2D eigenvalue weighted by Gasteiger charge is -2.22. The molecule has 0 fully saturated rings. The molecule has 3 rings (SSSR count). The molecule has 0 spiro atoms. The molecule has 4 nitrogen and oxygen atoms in total. The van der Waals surface area contributed by atoms with Crippen molar-refractivity contribution in [3.63, 3.8) is 0 Å². The monoisotopic (exact) mass is 295 g/mol. The molecular formula is C18H17NO3. The van der Waals surface area contributed by atoms with Gasteiger partial charge in [0.15, 0.2) is 0 Å². The average molecular weight is 295 g/mol. The molecule has 1 heterocycles. The molecule has 2 aromatic rings. The van der Waals surface area contributed by atoms with Crippen molar-refractivity contribution in [3.8, 4) is 5.75 Å². The van der Waals surface area contributed by atoms with Gasteiger partial charge in [-0.15, -0.1) is 0 Å². The number of anilines is 1. The second-order valence-electron chi connectivity index (χ2n) is 4.98. The molecule has 0 radical (unpaired) electrons. The van der Waals surface area contributed by atoms with Crippen molar-refractivity contribution in [2.45, 2.75) is 6.61 Å². The van der Waals surface area contributed by atoms with Gasteiger partial charge in [-0.05, 0) is 23.8 Å². The van der Waals surface area contributed by atoms with Gasteiger partial charge in [-0.2, -0.15) is 0 Å². The van der Waals surface area contributed by atoms with Gasteiger partial charge in [-0.3, -0.25) is 4.79 Å². The fourth-order valence-electron chi connectivity index (χ4n) is 2.30. The Bertz CT molecular complexity index is 667. The van der Waals surface area contributed by atoms with Crippen molar-refractivity contribution in [3.05, 3.63) is 72.5 Å². The summed E-state index contributed by atoms with van der Waals surface area (Å²) < 4.78 is 10.9. The van der Waals surface area contributed by atoms with Crippen LogP contribution >= 0.6 is 0 Å². The van der Waals surface area contributed by atoms with Crippen LogP contribution in [0.2, 0.25) is 0 Å². The number of rotatable bonds is 4. The predicted octanol–water partition coefficient (Wildman–Crippen LogP) is 3.14. The molecule has 112 valence electrons. The van der Waals surface area contributed by atoms with Crippen molar-refractivity contribution in [1.82, 2.24) is 0 Å². The van der Waals surface area contributed by atoms with Crippen molar-refractivity contribution < 1.29 is 14.3 Å². The second-order valence-corrected chi connectivity index (χ2v) is 4.98. The first-order valence-electron chi connectivity index (χ1n) is 7.18. The number of para-hydroxylation sites is 2. The lowest BCUT2D eigenvalue weighted by Crippen LogP contribution is -2.30. The third-order valence-corrected chi connectivity index (χ3v) is 3.39. The van der Waals surface area contributed by atoms with E-state index < -0.39 is 0 Å². The summed E-state index contributed by atoms with van der Waals surface area (Å²) in [5.74, 6) is 0.487. The lowest BCUT2D eigenvalue weighted by molar-refractivity contribution is -0.143. The van der Waals surface area contributed by atoms with Crippen LogP contribution in [0.1, 0.15) is 5.56 Å². The van der Waals surface area contributed by atoms with Crippen molar-refractivity contribution in [1.29, 1.82) is 0 Å². The Morgan fingerprint density at radius 1 is 1.09 bits per heavy atom. The van der Waals surface area contributed by atoms with Crippen LogP contribution in [0.3, 0.4) is 0 Å². The van der Waals surface area contributed by atoms with Gasteiger partial charge < -0.3 is 14.4 Å². The van der Waals surface area contributed by atoms with Gasteiger partial charge in [0.05, 0.1) is 11.9 Å². The Labute approximate surface area is 129 Å². The zero-order chi connectivity index (χ0) is 15.2. The van der Waals surface area contributed by atoms with Crippen LogP contribution < -0.4 is 9.64 Å². The third-order valence-electron chi connectivity index (χ3n) is 3.39. The van der Waals surface area contributed by atoms with Crippen molar-refractivity contribution >= 4 is 11.7 Å². The standard InChI is InChI=1S/C18H17NO3/c20-18(22-14-15-7-2-1-3-8-15)13-19-11-6-12-21-17-10-5-4-9-16(17)19/h1-10,12H,11,13-14H2. The minimum Gasteiger partial charge on any atom is -0.463 e. The molecule has 0 aromatic heterocycles. The highest BCUT2D eigenvalue weighted by molar-refractivity contribution is 5.77. The zero-order valence-electron chi connectivity index (χ0n) is 12.1. The average Bonchev–Trinajstić information content (AvgIpc) is 2.77. The van der Waals surface area contributed by atoms with Crippen LogP contribution in [-0.4, -0.2) is 19.1 Å². The van der Waals surface area contributed by atoms with E-state index in [1.807, 2.05) is 65.6 Å². The minimum absolute atomic E-state index is 0.192. The van der Waals surface area contributed by atoms with Crippen LogP contribution in [0, 0.1) is 0 Å². The molecule has 0 saturated heterocycles. The van der Waals surface area contributed by atoms with E-state index in [0.29, 0.717) is 13.2 Å². The summed E-state index contributed by atoms with van der Waals surface area (Å²) in [6, 6.07) is 17.3. The Morgan fingerprint density at radius 3 is 2.73 bits per heavy atom. The molecule has 0 unspecified atom stereocenters. The van der Waals surface area contributed by atoms with Gasteiger partial charge in [0.25, 0.3) is 0 Å². The summed E-state index contributed by atoms with van der Waals surface area (Å²) in [6.45, 7) is 1.09. The number of hydrogen-bond acceptors (Lipinski definition) is 4. The van der Waals surface area contributed by atoms with Crippen LogP contribution in [0.5, 0.6) is 5.75 Å². The third kappa shape index (κ3) is 3.47. The molecule has 0 N–H and O–H groups in total. The second kappa shape index (κ2) is 6.80. The molecule has 1 aliphatic heterocycles. The lowest BCUT2D eigenvalue weighted by atomic mass is 10.2. The Balaban J connectivity index is 1.63. The predicted molar refractivity (Wildman–Crippen MR) is 84.7 cm³/mol. The van der Waals surface area contributed by atoms with Crippen LogP contribution in [0.25, 0.3) is 0 Å². The zero-order valence-corrected chi connectivity index (χ0v) is 12.1. The van der Waals surface area contributed by atoms with E-state index in [2.05, 4.69) is 0 Å². The smallest absolute Gasteiger partial charge is 0.325 e. The minimum atomic E-state index is -0.256. The van der Waals surface area contributed by atoms with Gasteiger partial charge in [0.1, 0.15) is 18.9 Å². The molecule has 4 heteroatoms. The topological polar surface area (TPSA) is 38.8 Å². The number of fused-ring (bicyclic) bond motifs is 1. The quantitative estimate of drug-likeness (QED) is 0.812. The highest BCUT2D eigenvalue weighted by atomic mass is 16.5. The number of benzene rings is 2. The first-order valence-corrected chi connectivity index (χ1v) is 7.18. The number of nitrogens with zero attached hydrogens (tertiary/aromatic N) is 1. The fourth-order valence-corrected chi connectivity index (χ4v) is 2.30. The highest BCUT2D eigenvalue weighted by Gasteiger charge is 2.17. The van der Waals surface area contributed by atoms with E-state index in [9.17, 15) is 4.79 Å². The van der Waals surface area contributed by atoms with Crippen molar-refractivity contribution in [2.75, 3.05) is 18.0 Å². The van der Waals surface area contributed by atoms with E-state index in [1.165, 1.54) is 0 Å².